The highest BCUT2D eigenvalue weighted by Gasteiger charge is 2.23. The Kier molecular flexibility index (Phi) is 5.46. The van der Waals surface area contributed by atoms with Gasteiger partial charge in [0.1, 0.15) is 11.5 Å². The minimum Gasteiger partial charge on any atom is -0.465 e. The summed E-state index contributed by atoms with van der Waals surface area (Å²) < 4.78 is 5.92. The molecule has 1 N–H and O–H groups in total. The topological polar surface area (TPSA) is 28.4 Å². The zero-order valence-electron chi connectivity index (χ0n) is 12.7. The highest BCUT2D eigenvalue weighted by atomic mass is 16.3. The van der Waals surface area contributed by atoms with E-state index in [4.69, 9.17) is 4.42 Å². The molecule has 1 saturated heterocycles. The first-order valence-electron chi connectivity index (χ1n) is 7.77. The summed E-state index contributed by atoms with van der Waals surface area (Å²) in [6, 6.07) is 3.00. The third-order valence-electron chi connectivity index (χ3n) is 4.14. The second-order valence-corrected chi connectivity index (χ2v) is 5.65. The van der Waals surface area contributed by atoms with Crippen LogP contribution in [0.15, 0.2) is 10.5 Å². The Hall–Kier alpha value is -0.800. The van der Waals surface area contributed by atoms with Crippen molar-refractivity contribution in [3.8, 4) is 0 Å². The SMILES string of the molecule is CCCNCc1cc(CN2CCCC2CC)oc1C. The van der Waals surface area contributed by atoms with Crippen molar-refractivity contribution in [2.45, 2.75) is 65.6 Å². The van der Waals surface area contributed by atoms with Gasteiger partial charge in [0.15, 0.2) is 0 Å². The van der Waals surface area contributed by atoms with Crippen LogP contribution in [0, 0.1) is 6.92 Å². The minimum absolute atomic E-state index is 0.757. The number of hydrogen-bond acceptors (Lipinski definition) is 3. The lowest BCUT2D eigenvalue weighted by atomic mass is 10.1. The molecule has 3 nitrogen and oxygen atoms in total. The van der Waals surface area contributed by atoms with E-state index in [-0.39, 0.29) is 0 Å². The van der Waals surface area contributed by atoms with Gasteiger partial charge in [0.25, 0.3) is 0 Å². The van der Waals surface area contributed by atoms with Crippen molar-refractivity contribution in [1.82, 2.24) is 10.2 Å². The molecule has 0 aromatic carbocycles. The first kappa shape index (κ1) is 14.6. The molecule has 1 aromatic heterocycles. The van der Waals surface area contributed by atoms with Crippen LogP contribution in [-0.2, 0) is 13.1 Å². The quantitative estimate of drug-likeness (QED) is 0.764. The predicted molar refractivity (Wildman–Crippen MR) is 79.2 cm³/mol. The van der Waals surface area contributed by atoms with Crippen LogP contribution in [0.25, 0.3) is 0 Å². The van der Waals surface area contributed by atoms with Crippen LogP contribution in [0.5, 0.6) is 0 Å². The molecule has 0 saturated carbocycles. The van der Waals surface area contributed by atoms with Crippen molar-refractivity contribution in [1.29, 1.82) is 0 Å². The van der Waals surface area contributed by atoms with Crippen LogP contribution in [0.3, 0.4) is 0 Å². The molecule has 1 aromatic rings. The fourth-order valence-electron chi connectivity index (χ4n) is 3.01. The highest BCUT2D eigenvalue weighted by Crippen LogP contribution is 2.24. The largest absolute Gasteiger partial charge is 0.465 e. The second-order valence-electron chi connectivity index (χ2n) is 5.65. The van der Waals surface area contributed by atoms with Crippen molar-refractivity contribution in [2.75, 3.05) is 13.1 Å². The van der Waals surface area contributed by atoms with Gasteiger partial charge in [-0.1, -0.05) is 13.8 Å². The van der Waals surface area contributed by atoms with Gasteiger partial charge in [0.2, 0.25) is 0 Å². The standard InChI is InChI=1S/C16H28N2O/c1-4-8-17-11-14-10-16(19-13(14)3)12-18-9-6-7-15(18)5-2/h10,15,17H,4-9,11-12H2,1-3H3. The first-order chi connectivity index (χ1) is 9.24. The van der Waals surface area contributed by atoms with Crippen LogP contribution >= 0.6 is 0 Å². The number of rotatable bonds is 7. The Labute approximate surface area is 117 Å². The van der Waals surface area contributed by atoms with E-state index in [1.54, 1.807) is 0 Å². The molecule has 3 heteroatoms. The Morgan fingerprint density at radius 1 is 1.42 bits per heavy atom. The van der Waals surface area contributed by atoms with Gasteiger partial charge in [0.05, 0.1) is 6.54 Å². The maximum absolute atomic E-state index is 5.92. The monoisotopic (exact) mass is 264 g/mol. The lowest BCUT2D eigenvalue weighted by molar-refractivity contribution is 0.220. The average Bonchev–Trinajstić information content (AvgIpc) is 2.97. The van der Waals surface area contributed by atoms with Crippen molar-refractivity contribution in [3.63, 3.8) is 0 Å². The normalized spacial score (nSPS) is 20.3. The molecule has 1 aliphatic rings. The van der Waals surface area contributed by atoms with Gasteiger partial charge in [-0.15, -0.1) is 0 Å². The molecular weight excluding hydrogens is 236 g/mol. The number of aryl methyl sites for hydroxylation is 1. The van der Waals surface area contributed by atoms with E-state index in [1.165, 1.54) is 37.8 Å². The van der Waals surface area contributed by atoms with Gasteiger partial charge in [0, 0.05) is 18.2 Å². The molecule has 0 aliphatic carbocycles. The van der Waals surface area contributed by atoms with Crippen molar-refractivity contribution >= 4 is 0 Å². The summed E-state index contributed by atoms with van der Waals surface area (Å²) in [5.74, 6) is 2.21. The molecule has 1 atom stereocenters. The zero-order chi connectivity index (χ0) is 13.7. The molecule has 1 aliphatic heterocycles. The summed E-state index contributed by atoms with van der Waals surface area (Å²) in [5.41, 5.74) is 1.32. The van der Waals surface area contributed by atoms with Crippen molar-refractivity contribution in [3.05, 3.63) is 23.2 Å². The minimum atomic E-state index is 0.757. The highest BCUT2D eigenvalue weighted by molar-refractivity contribution is 5.20. The fourth-order valence-corrected chi connectivity index (χ4v) is 3.01. The summed E-state index contributed by atoms with van der Waals surface area (Å²) in [6.45, 7) is 10.8. The van der Waals surface area contributed by atoms with Crippen LogP contribution in [0.2, 0.25) is 0 Å². The van der Waals surface area contributed by atoms with Crippen LogP contribution in [-0.4, -0.2) is 24.0 Å². The third-order valence-corrected chi connectivity index (χ3v) is 4.14. The van der Waals surface area contributed by atoms with Crippen LogP contribution in [0.4, 0.5) is 0 Å². The van der Waals surface area contributed by atoms with Gasteiger partial charge in [-0.2, -0.15) is 0 Å². The first-order valence-corrected chi connectivity index (χ1v) is 7.77. The lowest BCUT2D eigenvalue weighted by Crippen LogP contribution is -2.27. The molecule has 0 amide bonds. The Bertz CT molecular complexity index is 386. The molecule has 2 rings (SSSR count). The van der Waals surface area contributed by atoms with E-state index in [2.05, 4.69) is 37.1 Å². The van der Waals surface area contributed by atoms with E-state index in [0.717, 1.165) is 37.2 Å². The molecule has 108 valence electrons. The van der Waals surface area contributed by atoms with Crippen LogP contribution < -0.4 is 5.32 Å². The molecule has 1 fully saturated rings. The summed E-state index contributed by atoms with van der Waals surface area (Å²) in [4.78, 5) is 2.57. The van der Waals surface area contributed by atoms with Gasteiger partial charge >= 0.3 is 0 Å². The predicted octanol–water partition coefficient (Wildman–Crippen LogP) is 3.46. The molecule has 0 spiro atoms. The molecule has 2 heterocycles. The smallest absolute Gasteiger partial charge is 0.118 e. The summed E-state index contributed by atoms with van der Waals surface area (Å²) in [5, 5.41) is 3.45. The lowest BCUT2D eigenvalue weighted by Gasteiger charge is -2.21. The molecule has 19 heavy (non-hydrogen) atoms. The van der Waals surface area contributed by atoms with E-state index in [0.29, 0.717) is 0 Å². The van der Waals surface area contributed by atoms with Gasteiger partial charge < -0.3 is 9.73 Å². The number of nitrogens with zero attached hydrogens (tertiary/aromatic N) is 1. The summed E-state index contributed by atoms with van der Waals surface area (Å²) >= 11 is 0. The Morgan fingerprint density at radius 2 is 2.26 bits per heavy atom. The number of hydrogen-bond donors (Lipinski definition) is 1. The fraction of sp³-hybridized carbons (Fsp3) is 0.750. The number of likely N-dealkylation sites (tertiary alicyclic amines) is 1. The average molecular weight is 264 g/mol. The number of furan rings is 1. The molecule has 0 bridgehead atoms. The third kappa shape index (κ3) is 3.83. The Balaban J connectivity index is 1.92. The molecule has 1 unspecified atom stereocenters. The maximum atomic E-state index is 5.92. The zero-order valence-corrected chi connectivity index (χ0v) is 12.7. The van der Waals surface area contributed by atoms with E-state index in [1.807, 2.05) is 0 Å². The second kappa shape index (κ2) is 7.11. The van der Waals surface area contributed by atoms with Crippen LogP contribution in [0.1, 0.15) is 56.6 Å². The van der Waals surface area contributed by atoms with Gasteiger partial charge in [-0.25, -0.2) is 0 Å². The van der Waals surface area contributed by atoms with E-state index in [9.17, 15) is 0 Å². The van der Waals surface area contributed by atoms with Gasteiger partial charge in [-0.05, 0) is 51.8 Å². The Morgan fingerprint density at radius 3 is 3.00 bits per heavy atom. The van der Waals surface area contributed by atoms with E-state index >= 15 is 0 Å². The summed E-state index contributed by atoms with van der Waals surface area (Å²) in [6.07, 6.45) is 5.12. The summed E-state index contributed by atoms with van der Waals surface area (Å²) in [7, 11) is 0. The molecule has 0 radical (unpaired) electrons. The molecular formula is C16H28N2O. The maximum Gasteiger partial charge on any atom is 0.118 e. The van der Waals surface area contributed by atoms with E-state index < -0.39 is 0 Å². The van der Waals surface area contributed by atoms with Crippen molar-refractivity contribution in [2.24, 2.45) is 0 Å². The number of nitrogens with one attached hydrogen (secondary N) is 1. The van der Waals surface area contributed by atoms with Gasteiger partial charge in [-0.3, -0.25) is 4.90 Å². The van der Waals surface area contributed by atoms with Crippen molar-refractivity contribution < 1.29 is 4.42 Å².